The van der Waals surface area contributed by atoms with E-state index in [0.717, 1.165) is 12.8 Å². The van der Waals surface area contributed by atoms with Gasteiger partial charge >= 0.3 is 5.97 Å². The van der Waals surface area contributed by atoms with Crippen LogP contribution in [-0.2, 0) is 14.1 Å². The molecule has 5 nitrogen and oxygen atoms in total. The Kier molecular flexibility index (Phi) is 6.36. The first-order chi connectivity index (χ1) is 10.2. The van der Waals surface area contributed by atoms with Gasteiger partial charge in [-0.2, -0.15) is 0 Å². The van der Waals surface area contributed by atoms with Gasteiger partial charge in [0.05, 0.1) is 18.4 Å². The summed E-state index contributed by atoms with van der Waals surface area (Å²) in [4.78, 5) is 24.1. The molecule has 0 aliphatic rings. The van der Waals surface area contributed by atoms with E-state index >= 15 is 0 Å². The van der Waals surface area contributed by atoms with Gasteiger partial charge in [0.25, 0.3) is 0 Å². The molecule has 1 N–H and O–H groups in total. The number of ether oxygens (including phenoxy) is 1. The predicted molar refractivity (Wildman–Crippen MR) is 89.6 cm³/mol. The third-order valence-electron chi connectivity index (χ3n) is 3.46. The van der Waals surface area contributed by atoms with Crippen molar-refractivity contribution in [3.63, 3.8) is 0 Å². The molecule has 0 aromatic heterocycles. The van der Waals surface area contributed by atoms with Crippen LogP contribution in [0.2, 0.25) is 0 Å². The monoisotopic (exact) mass is 325 g/mol. The van der Waals surface area contributed by atoms with Gasteiger partial charge in [-0.1, -0.05) is 20.3 Å². The molecule has 0 saturated carbocycles. The maximum absolute atomic E-state index is 12.2. The summed E-state index contributed by atoms with van der Waals surface area (Å²) < 4.78 is 16.9. The lowest BCUT2D eigenvalue weighted by molar-refractivity contribution is -0.119. The summed E-state index contributed by atoms with van der Waals surface area (Å²) in [5.74, 6) is -0.844. The quantitative estimate of drug-likeness (QED) is 0.644. The molecule has 1 amide bonds. The standard InChI is InChI=1S/C16H24NO4P/c1-6-7-11(2)15(18)17-14-9-8-12(22(4,5)20)10-13(14)16(19)21-3/h8-11H,6-7H2,1-5H3,(H,17,18). The third kappa shape index (κ3) is 4.70. The number of hydrogen-bond donors (Lipinski definition) is 1. The van der Waals surface area contributed by atoms with E-state index in [1.807, 2.05) is 13.8 Å². The first-order valence-electron chi connectivity index (χ1n) is 7.29. The van der Waals surface area contributed by atoms with Crippen LogP contribution in [0.15, 0.2) is 18.2 Å². The number of hydrogen-bond acceptors (Lipinski definition) is 4. The third-order valence-corrected chi connectivity index (χ3v) is 4.98. The highest BCUT2D eigenvalue weighted by Gasteiger charge is 2.20. The van der Waals surface area contributed by atoms with Crippen molar-refractivity contribution in [2.45, 2.75) is 26.7 Å². The van der Waals surface area contributed by atoms with E-state index < -0.39 is 13.1 Å². The molecule has 22 heavy (non-hydrogen) atoms. The SMILES string of the molecule is CCCC(C)C(=O)Nc1ccc(P(C)(C)=O)cc1C(=O)OC. The zero-order valence-corrected chi connectivity index (χ0v) is 14.7. The van der Waals surface area contributed by atoms with Crippen LogP contribution in [0.25, 0.3) is 0 Å². The van der Waals surface area contributed by atoms with Crippen molar-refractivity contribution in [2.75, 3.05) is 25.8 Å². The second kappa shape index (κ2) is 7.59. The number of esters is 1. The lowest BCUT2D eigenvalue weighted by atomic mass is 10.0. The normalized spacial score (nSPS) is 12.6. The zero-order valence-electron chi connectivity index (χ0n) is 13.8. The van der Waals surface area contributed by atoms with Gasteiger partial charge in [0, 0.05) is 11.2 Å². The Labute approximate surface area is 131 Å². The number of benzene rings is 1. The molecule has 1 aromatic carbocycles. The van der Waals surface area contributed by atoms with Crippen LogP contribution in [0.4, 0.5) is 5.69 Å². The van der Waals surface area contributed by atoms with Crippen LogP contribution >= 0.6 is 7.14 Å². The number of rotatable bonds is 6. The molecular weight excluding hydrogens is 301 g/mol. The number of methoxy groups -OCH3 is 1. The summed E-state index contributed by atoms with van der Waals surface area (Å²) in [6.07, 6.45) is 1.68. The summed E-state index contributed by atoms with van der Waals surface area (Å²) in [6, 6.07) is 4.82. The molecule has 0 aliphatic heterocycles. The van der Waals surface area contributed by atoms with E-state index in [4.69, 9.17) is 4.74 Å². The van der Waals surface area contributed by atoms with Gasteiger partial charge < -0.3 is 14.6 Å². The van der Waals surface area contributed by atoms with Crippen molar-refractivity contribution in [3.05, 3.63) is 23.8 Å². The molecule has 6 heteroatoms. The Morgan fingerprint density at radius 3 is 2.45 bits per heavy atom. The number of amides is 1. The first-order valence-corrected chi connectivity index (χ1v) is 9.89. The van der Waals surface area contributed by atoms with E-state index in [0.29, 0.717) is 11.0 Å². The summed E-state index contributed by atoms with van der Waals surface area (Å²) in [6.45, 7) is 7.12. The average molecular weight is 325 g/mol. The molecule has 0 fully saturated rings. The maximum Gasteiger partial charge on any atom is 0.339 e. The highest BCUT2D eigenvalue weighted by atomic mass is 31.2. The van der Waals surface area contributed by atoms with E-state index in [9.17, 15) is 14.2 Å². The maximum atomic E-state index is 12.2. The average Bonchev–Trinajstić information content (AvgIpc) is 2.45. The highest BCUT2D eigenvalue weighted by molar-refractivity contribution is 7.70. The fourth-order valence-electron chi connectivity index (χ4n) is 2.08. The van der Waals surface area contributed by atoms with Crippen molar-refractivity contribution in [3.8, 4) is 0 Å². The molecule has 0 spiro atoms. The largest absolute Gasteiger partial charge is 0.465 e. The number of carbonyl (C=O) groups excluding carboxylic acids is 2. The minimum absolute atomic E-state index is 0.140. The zero-order chi connectivity index (χ0) is 16.9. The Balaban J connectivity index is 3.16. The van der Waals surface area contributed by atoms with Gasteiger partial charge in [-0.05, 0) is 37.9 Å². The summed E-state index contributed by atoms with van der Waals surface area (Å²) in [5.41, 5.74) is 0.609. The van der Waals surface area contributed by atoms with Gasteiger partial charge in [-0.15, -0.1) is 0 Å². The van der Waals surface area contributed by atoms with E-state index in [2.05, 4.69) is 5.32 Å². The highest BCUT2D eigenvalue weighted by Crippen LogP contribution is 2.35. The molecule has 0 aliphatic carbocycles. The molecular formula is C16H24NO4P. The molecule has 1 atom stereocenters. The number of nitrogens with one attached hydrogen (secondary N) is 1. The second-order valence-electron chi connectivity index (χ2n) is 5.75. The van der Waals surface area contributed by atoms with Crippen LogP contribution < -0.4 is 10.6 Å². The van der Waals surface area contributed by atoms with Gasteiger partial charge in [0.1, 0.15) is 7.14 Å². The van der Waals surface area contributed by atoms with Crippen molar-refractivity contribution < 1.29 is 18.9 Å². The Bertz CT molecular complexity index is 606. The smallest absolute Gasteiger partial charge is 0.339 e. The van der Waals surface area contributed by atoms with E-state index in [1.165, 1.54) is 13.2 Å². The minimum atomic E-state index is -2.50. The van der Waals surface area contributed by atoms with Crippen molar-refractivity contribution in [1.82, 2.24) is 0 Å². The lowest BCUT2D eigenvalue weighted by Crippen LogP contribution is -2.22. The molecule has 1 aromatic rings. The molecule has 1 unspecified atom stereocenters. The van der Waals surface area contributed by atoms with Gasteiger partial charge in [0.15, 0.2) is 0 Å². The summed E-state index contributed by atoms with van der Waals surface area (Å²) >= 11 is 0. The van der Waals surface area contributed by atoms with Crippen LogP contribution in [0.5, 0.6) is 0 Å². The molecule has 1 rings (SSSR count). The van der Waals surface area contributed by atoms with Crippen molar-refractivity contribution in [2.24, 2.45) is 5.92 Å². The number of anilines is 1. The molecule has 0 saturated heterocycles. The molecule has 0 heterocycles. The molecule has 0 bridgehead atoms. The van der Waals surface area contributed by atoms with Crippen LogP contribution in [0, 0.1) is 5.92 Å². The summed E-state index contributed by atoms with van der Waals surface area (Å²) in [5, 5.41) is 3.34. The van der Waals surface area contributed by atoms with E-state index in [1.54, 1.807) is 25.5 Å². The minimum Gasteiger partial charge on any atom is -0.465 e. The van der Waals surface area contributed by atoms with Crippen LogP contribution in [0.3, 0.4) is 0 Å². The fraction of sp³-hybridized carbons (Fsp3) is 0.500. The molecule has 122 valence electrons. The Morgan fingerprint density at radius 2 is 1.95 bits per heavy atom. The Morgan fingerprint density at radius 1 is 1.32 bits per heavy atom. The van der Waals surface area contributed by atoms with Crippen molar-refractivity contribution in [1.29, 1.82) is 0 Å². The summed E-state index contributed by atoms with van der Waals surface area (Å²) in [7, 11) is -1.22. The van der Waals surface area contributed by atoms with Crippen LogP contribution in [0.1, 0.15) is 37.0 Å². The first kappa shape index (κ1) is 18.4. The van der Waals surface area contributed by atoms with Gasteiger partial charge in [0.2, 0.25) is 5.91 Å². The predicted octanol–water partition coefficient (Wildman–Crippen LogP) is 3.10. The van der Waals surface area contributed by atoms with E-state index in [-0.39, 0.29) is 17.4 Å². The second-order valence-corrected chi connectivity index (χ2v) is 8.97. The number of carbonyl (C=O) groups is 2. The lowest BCUT2D eigenvalue weighted by Gasteiger charge is -2.15. The Hall–Kier alpha value is -1.61. The van der Waals surface area contributed by atoms with Crippen LogP contribution in [-0.4, -0.2) is 32.3 Å². The van der Waals surface area contributed by atoms with Crippen molar-refractivity contribution >= 4 is 30.0 Å². The topological polar surface area (TPSA) is 72.5 Å². The van der Waals surface area contributed by atoms with Gasteiger partial charge in [-0.25, -0.2) is 4.79 Å². The van der Waals surface area contributed by atoms with Gasteiger partial charge in [-0.3, -0.25) is 4.79 Å². The molecule has 0 radical (unpaired) electrons. The fourth-order valence-corrected chi connectivity index (χ4v) is 2.95.